The fourth-order valence-corrected chi connectivity index (χ4v) is 3.91. The molecule has 170 valence electrons. The van der Waals surface area contributed by atoms with Gasteiger partial charge in [-0.15, -0.1) is 0 Å². The van der Waals surface area contributed by atoms with E-state index in [0.29, 0.717) is 21.8 Å². The Kier molecular flexibility index (Phi) is 4.73. The van der Waals surface area contributed by atoms with Gasteiger partial charge in [0.2, 0.25) is 0 Å². The van der Waals surface area contributed by atoms with E-state index in [1.54, 1.807) is 17.9 Å². The zero-order chi connectivity index (χ0) is 23.5. The molecule has 2 N–H and O–H groups in total. The normalized spacial score (nSPS) is 14.2. The van der Waals surface area contributed by atoms with Crippen LogP contribution in [0, 0.1) is 5.82 Å². The molecule has 1 aliphatic carbocycles. The van der Waals surface area contributed by atoms with Gasteiger partial charge >= 0.3 is 6.18 Å². The number of amides is 1. The van der Waals surface area contributed by atoms with Gasteiger partial charge < -0.3 is 10.6 Å². The van der Waals surface area contributed by atoms with Crippen molar-refractivity contribution in [1.82, 2.24) is 24.6 Å². The van der Waals surface area contributed by atoms with Crippen LogP contribution in [0.5, 0.6) is 0 Å². The second-order valence-corrected chi connectivity index (χ2v) is 8.08. The summed E-state index contributed by atoms with van der Waals surface area (Å²) < 4.78 is 55.0. The van der Waals surface area contributed by atoms with E-state index in [1.165, 1.54) is 17.0 Å². The Labute approximate surface area is 184 Å². The molecule has 11 heteroatoms. The van der Waals surface area contributed by atoms with Crippen LogP contribution in [0.3, 0.4) is 0 Å². The number of nitrogen functional groups attached to an aromatic ring is 1. The van der Waals surface area contributed by atoms with Crippen LogP contribution in [0.1, 0.15) is 34.5 Å². The Balaban J connectivity index is 1.53. The molecule has 0 bridgehead atoms. The fraction of sp³-hybridized carbons (Fsp3) is 0.273. The van der Waals surface area contributed by atoms with Gasteiger partial charge in [0, 0.05) is 30.7 Å². The number of benzene rings is 1. The Morgan fingerprint density at radius 1 is 1.21 bits per heavy atom. The number of halogens is 4. The summed E-state index contributed by atoms with van der Waals surface area (Å²) in [5, 5.41) is 5.28. The Bertz CT molecular complexity index is 1390. The van der Waals surface area contributed by atoms with Gasteiger partial charge in [-0.2, -0.15) is 18.3 Å². The molecule has 0 unspecified atom stereocenters. The molecule has 1 amide bonds. The van der Waals surface area contributed by atoms with Gasteiger partial charge in [-0.25, -0.2) is 9.37 Å². The average molecular weight is 458 g/mol. The minimum absolute atomic E-state index is 0.0276. The van der Waals surface area contributed by atoms with Crippen LogP contribution in [-0.4, -0.2) is 36.6 Å². The first-order valence-electron chi connectivity index (χ1n) is 10.2. The van der Waals surface area contributed by atoms with E-state index in [1.807, 2.05) is 0 Å². The first kappa shape index (κ1) is 21.1. The smallest absolute Gasteiger partial charge is 0.383 e. The third-order valence-corrected chi connectivity index (χ3v) is 5.76. The Morgan fingerprint density at radius 2 is 1.97 bits per heavy atom. The minimum atomic E-state index is -4.50. The molecule has 5 rings (SSSR count). The molecular weight excluding hydrogens is 440 g/mol. The number of aromatic nitrogens is 4. The van der Waals surface area contributed by atoms with Crippen molar-refractivity contribution in [2.75, 3.05) is 5.73 Å². The molecule has 0 radical (unpaired) electrons. The van der Waals surface area contributed by atoms with E-state index < -0.39 is 23.5 Å². The number of hydrogen-bond acceptors (Lipinski definition) is 5. The van der Waals surface area contributed by atoms with E-state index in [2.05, 4.69) is 15.1 Å². The summed E-state index contributed by atoms with van der Waals surface area (Å²) in [5.74, 6) is -1.12. The topological polar surface area (TPSA) is 89.9 Å². The summed E-state index contributed by atoms with van der Waals surface area (Å²) in [5.41, 5.74) is 6.13. The van der Waals surface area contributed by atoms with E-state index >= 15 is 4.39 Å². The lowest BCUT2D eigenvalue weighted by Gasteiger charge is -2.23. The van der Waals surface area contributed by atoms with Gasteiger partial charge in [0.15, 0.2) is 0 Å². The third kappa shape index (κ3) is 3.73. The van der Waals surface area contributed by atoms with E-state index in [0.717, 1.165) is 31.2 Å². The lowest BCUT2D eigenvalue weighted by Crippen LogP contribution is -2.33. The molecule has 1 saturated carbocycles. The highest BCUT2D eigenvalue weighted by atomic mass is 19.4. The average Bonchev–Trinajstić information content (AvgIpc) is 3.52. The number of pyridine rings is 2. The van der Waals surface area contributed by atoms with Crippen molar-refractivity contribution >= 4 is 33.5 Å². The van der Waals surface area contributed by atoms with Gasteiger partial charge in [-0.1, -0.05) is 0 Å². The number of carbonyl (C=O) groups excluding carboxylic acids is 1. The number of anilines is 1. The van der Waals surface area contributed by atoms with Crippen molar-refractivity contribution in [3.05, 3.63) is 59.3 Å². The first-order chi connectivity index (χ1) is 15.6. The predicted molar refractivity (Wildman–Crippen MR) is 113 cm³/mol. The molecule has 33 heavy (non-hydrogen) atoms. The third-order valence-electron chi connectivity index (χ3n) is 5.76. The Hall–Kier alpha value is -3.76. The van der Waals surface area contributed by atoms with Crippen molar-refractivity contribution in [1.29, 1.82) is 0 Å². The van der Waals surface area contributed by atoms with Crippen molar-refractivity contribution < 1.29 is 22.4 Å². The zero-order valence-corrected chi connectivity index (χ0v) is 17.4. The van der Waals surface area contributed by atoms with E-state index in [-0.39, 0.29) is 29.7 Å². The molecule has 1 aromatic carbocycles. The van der Waals surface area contributed by atoms with E-state index in [4.69, 9.17) is 5.73 Å². The van der Waals surface area contributed by atoms with Crippen molar-refractivity contribution in [3.8, 4) is 0 Å². The number of aryl methyl sites for hydroxylation is 1. The molecule has 0 atom stereocenters. The van der Waals surface area contributed by atoms with Crippen molar-refractivity contribution in [2.24, 2.45) is 7.05 Å². The molecular formula is C22H18F4N6O. The second-order valence-electron chi connectivity index (χ2n) is 8.08. The number of carbonyl (C=O) groups is 1. The number of fused-ring (bicyclic) bond motifs is 3. The summed E-state index contributed by atoms with van der Waals surface area (Å²) in [6, 6.07) is 4.61. The zero-order valence-electron chi connectivity index (χ0n) is 17.4. The van der Waals surface area contributed by atoms with Crippen LogP contribution in [0.2, 0.25) is 0 Å². The number of nitrogens with two attached hydrogens (primary N) is 1. The van der Waals surface area contributed by atoms with Gasteiger partial charge in [-0.05, 0) is 31.0 Å². The lowest BCUT2D eigenvalue weighted by atomic mass is 10.1. The number of rotatable bonds is 4. The fourth-order valence-electron chi connectivity index (χ4n) is 3.91. The van der Waals surface area contributed by atoms with Crippen LogP contribution in [0.15, 0.2) is 36.7 Å². The number of nitrogens with zero attached hydrogens (tertiary/aromatic N) is 5. The molecule has 0 saturated heterocycles. The standard InChI is InChI=1S/C22H18F4N6O/c1-31-19-15-6-14(17(23)7-18(15)30-20(27)16(19)9-29-31)21(33)32(13-4-5-13)10-12-3-2-11(8-28-12)22(24,25)26/h2-3,6-9,13H,4-5,10H2,1H3,(H2,27,30). The van der Waals surface area contributed by atoms with Crippen molar-refractivity contribution in [2.45, 2.75) is 31.6 Å². The SMILES string of the molecule is Cn1ncc2c(N)nc3cc(F)c(C(=O)N(Cc4ccc(C(F)(F)F)cn4)C4CC4)cc3c21. The predicted octanol–water partition coefficient (Wildman–Crippen LogP) is 4.06. The second kappa shape index (κ2) is 7.39. The summed E-state index contributed by atoms with van der Waals surface area (Å²) in [4.78, 5) is 22.9. The molecule has 0 spiro atoms. The molecule has 1 fully saturated rings. The van der Waals surface area contributed by atoms with Gasteiger partial charge in [-0.3, -0.25) is 14.5 Å². The highest BCUT2D eigenvalue weighted by Gasteiger charge is 2.35. The first-order valence-corrected chi connectivity index (χ1v) is 10.2. The summed E-state index contributed by atoms with van der Waals surface area (Å²) >= 11 is 0. The summed E-state index contributed by atoms with van der Waals surface area (Å²) in [6.45, 7) is -0.0276. The maximum absolute atomic E-state index is 15.0. The minimum Gasteiger partial charge on any atom is -0.383 e. The molecule has 0 aliphatic heterocycles. The van der Waals surface area contributed by atoms with Crippen molar-refractivity contribution in [3.63, 3.8) is 0 Å². The van der Waals surface area contributed by atoms with E-state index in [9.17, 15) is 18.0 Å². The summed E-state index contributed by atoms with van der Waals surface area (Å²) in [6.07, 6.45) is -0.761. The highest BCUT2D eigenvalue weighted by molar-refractivity contribution is 6.10. The molecule has 3 aromatic heterocycles. The number of hydrogen-bond donors (Lipinski definition) is 1. The highest BCUT2D eigenvalue weighted by Crippen LogP contribution is 2.34. The number of alkyl halides is 3. The van der Waals surface area contributed by atoms with Crippen LogP contribution in [0.4, 0.5) is 23.4 Å². The molecule has 1 aliphatic rings. The van der Waals surface area contributed by atoms with Crippen LogP contribution in [0.25, 0.3) is 21.8 Å². The molecule has 4 aromatic rings. The summed E-state index contributed by atoms with van der Waals surface area (Å²) in [7, 11) is 1.71. The maximum Gasteiger partial charge on any atom is 0.417 e. The van der Waals surface area contributed by atoms with Gasteiger partial charge in [0.25, 0.3) is 5.91 Å². The van der Waals surface area contributed by atoms with Gasteiger partial charge in [0.1, 0.15) is 11.6 Å². The lowest BCUT2D eigenvalue weighted by molar-refractivity contribution is -0.137. The van der Waals surface area contributed by atoms with Crippen LogP contribution < -0.4 is 5.73 Å². The van der Waals surface area contributed by atoms with Crippen LogP contribution >= 0.6 is 0 Å². The largest absolute Gasteiger partial charge is 0.417 e. The van der Waals surface area contributed by atoms with Crippen LogP contribution in [-0.2, 0) is 19.8 Å². The molecule has 3 heterocycles. The molecule has 7 nitrogen and oxygen atoms in total. The Morgan fingerprint density at radius 3 is 2.61 bits per heavy atom. The monoisotopic (exact) mass is 458 g/mol. The van der Waals surface area contributed by atoms with Gasteiger partial charge in [0.05, 0.1) is 46.0 Å². The quantitative estimate of drug-likeness (QED) is 0.466. The maximum atomic E-state index is 15.0.